The lowest BCUT2D eigenvalue weighted by Gasteiger charge is -2.22. The third-order valence-corrected chi connectivity index (χ3v) is 4.64. The topological polar surface area (TPSA) is 85.6 Å². The van der Waals surface area contributed by atoms with E-state index in [1.165, 1.54) is 0 Å². The van der Waals surface area contributed by atoms with Gasteiger partial charge in [-0.2, -0.15) is 0 Å². The normalized spacial score (nSPS) is 16.9. The third-order valence-electron chi connectivity index (χ3n) is 4.39. The molecule has 0 saturated carbocycles. The largest absolute Gasteiger partial charge is 0.383 e. The van der Waals surface area contributed by atoms with E-state index in [4.69, 9.17) is 25.6 Å². The van der Waals surface area contributed by atoms with Crippen molar-refractivity contribution < 1.29 is 18.8 Å². The molecule has 2 N–H and O–H groups in total. The van der Waals surface area contributed by atoms with E-state index in [1.807, 2.05) is 0 Å². The van der Waals surface area contributed by atoms with Crippen LogP contribution < -0.4 is 10.6 Å². The van der Waals surface area contributed by atoms with Gasteiger partial charge in [0.2, 0.25) is 0 Å². The lowest BCUT2D eigenvalue weighted by atomic mass is 10.1. The predicted octanol–water partition coefficient (Wildman–Crippen LogP) is 3.35. The summed E-state index contributed by atoms with van der Waals surface area (Å²) in [4.78, 5) is 12.9. The number of carbonyl (C=O) groups is 1. The molecule has 2 aromatic rings. The van der Waals surface area contributed by atoms with Gasteiger partial charge in [0.25, 0.3) is 5.91 Å². The summed E-state index contributed by atoms with van der Waals surface area (Å²) in [6.07, 6.45) is 3.19. The SMILES string of the molecule is COCCNc1noc(-c2ccc(Cl)cc2)c1C(=O)NCC1CCCCO1. The molecular weight excluding hydrogens is 370 g/mol. The molecule has 0 radical (unpaired) electrons. The van der Waals surface area contributed by atoms with E-state index in [9.17, 15) is 4.79 Å². The molecular formula is C19H24ClN3O4. The monoisotopic (exact) mass is 393 g/mol. The van der Waals surface area contributed by atoms with Crippen LogP contribution in [0.15, 0.2) is 28.8 Å². The van der Waals surface area contributed by atoms with E-state index < -0.39 is 0 Å². The smallest absolute Gasteiger partial charge is 0.259 e. The highest BCUT2D eigenvalue weighted by Crippen LogP contribution is 2.30. The van der Waals surface area contributed by atoms with Crippen molar-refractivity contribution in [3.05, 3.63) is 34.9 Å². The number of hydrogen-bond donors (Lipinski definition) is 2. The zero-order chi connectivity index (χ0) is 19.1. The molecule has 0 bridgehead atoms. The molecule has 1 aromatic heterocycles. The van der Waals surface area contributed by atoms with E-state index >= 15 is 0 Å². The minimum atomic E-state index is -0.254. The number of nitrogens with zero attached hydrogens (tertiary/aromatic N) is 1. The van der Waals surface area contributed by atoms with Crippen LogP contribution in [0.1, 0.15) is 29.6 Å². The molecule has 7 nitrogen and oxygen atoms in total. The lowest BCUT2D eigenvalue weighted by molar-refractivity contribution is 0.0169. The summed E-state index contributed by atoms with van der Waals surface area (Å²) in [6, 6.07) is 7.08. The zero-order valence-corrected chi connectivity index (χ0v) is 16.1. The molecule has 1 aliphatic rings. The minimum Gasteiger partial charge on any atom is -0.383 e. The summed E-state index contributed by atoms with van der Waals surface area (Å²) >= 11 is 5.96. The van der Waals surface area contributed by atoms with Gasteiger partial charge in [-0.15, -0.1) is 0 Å². The molecule has 8 heteroatoms. The van der Waals surface area contributed by atoms with Crippen LogP contribution in [0.2, 0.25) is 5.02 Å². The van der Waals surface area contributed by atoms with Gasteiger partial charge in [0.1, 0.15) is 5.56 Å². The van der Waals surface area contributed by atoms with Gasteiger partial charge in [0, 0.05) is 37.4 Å². The predicted molar refractivity (Wildman–Crippen MR) is 103 cm³/mol. The highest BCUT2D eigenvalue weighted by Gasteiger charge is 2.25. The van der Waals surface area contributed by atoms with Crippen LogP contribution in [0, 0.1) is 0 Å². The number of rotatable bonds is 8. The highest BCUT2D eigenvalue weighted by atomic mass is 35.5. The van der Waals surface area contributed by atoms with E-state index in [1.54, 1.807) is 31.4 Å². The van der Waals surface area contributed by atoms with Crippen molar-refractivity contribution in [2.24, 2.45) is 0 Å². The molecule has 1 aliphatic heterocycles. The van der Waals surface area contributed by atoms with Crippen molar-refractivity contribution in [1.29, 1.82) is 0 Å². The zero-order valence-electron chi connectivity index (χ0n) is 15.3. The maximum absolute atomic E-state index is 12.9. The average molecular weight is 394 g/mol. The van der Waals surface area contributed by atoms with Crippen LogP contribution in [-0.2, 0) is 9.47 Å². The first kappa shape index (κ1) is 19.7. The first-order chi connectivity index (χ1) is 13.2. The van der Waals surface area contributed by atoms with Gasteiger partial charge in [-0.3, -0.25) is 4.79 Å². The Hall–Kier alpha value is -2.09. The fourth-order valence-corrected chi connectivity index (χ4v) is 3.08. The number of hydrogen-bond acceptors (Lipinski definition) is 6. The summed E-state index contributed by atoms with van der Waals surface area (Å²) < 4.78 is 16.2. The second-order valence-corrected chi connectivity index (χ2v) is 6.80. The van der Waals surface area contributed by atoms with Crippen LogP contribution in [0.3, 0.4) is 0 Å². The van der Waals surface area contributed by atoms with Gasteiger partial charge in [-0.1, -0.05) is 16.8 Å². The highest BCUT2D eigenvalue weighted by molar-refractivity contribution is 6.30. The van der Waals surface area contributed by atoms with Crippen molar-refractivity contribution >= 4 is 23.3 Å². The van der Waals surface area contributed by atoms with E-state index in [-0.39, 0.29) is 12.0 Å². The molecule has 1 unspecified atom stereocenters. The number of benzene rings is 1. The second kappa shape index (κ2) is 9.73. The van der Waals surface area contributed by atoms with E-state index in [2.05, 4.69) is 15.8 Å². The van der Waals surface area contributed by atoms with Gasteiger partial charge in [0.15, 0.2) is 11.6 Å². The molecule has 27 heavy (non-hydrogen) atoms. The van der Waals surface area contributed by atoms with Crippen molar-refractivity contribution in [3.8, 4) is 11.3 Å². The molecule has 146 valence electrons. The maximum Gasteiger partial charge on any atom is 0.259 e. The van der Waals surface area contributed by atoms with Crippen LogP contribution in [0.4, 0.5) is 5.82 Å². The number of halogens is 1. The number of methoxy groups -OCH3 is 1. The number of anilines is 1. The Labute approximate surface area is 163 Å². The Morgan fingerprint density at radius 2 is 2.15 bits per heavy atom. The molecule has 3 rings (SSSR count). The fraction of sp³-hybridized carbons (Fsp3) is 0.474. The fourth-order valence-electron chi connectivity index (χ4n) is 2.95. The Morgan fingerprint density at radius 1 is 1.33 bits per heavy atom. The first-order valence-corrected chi connectivity index (χ1v) is 9.45. The Morgan fingerprint density at radius 3 is 2.85 bits per heavy atom. The molecule has 0 aliphatic carbocycles. The Balaban J connectivity index is 1.79. The van der Waals surface area contributed by atoms with Gasteiger partial charge in [-0.25, -0.2) is 0 Å². The average Bonchev–Trinajstić information content (AvgIpc) is 3.12. The molecule has 1 amide bonds. The molecule has 1 fully saturated rings. The second-order valence-electron chi connectivity index (χ2n) is 6.36. The van der Waals surface area contributed by atoms with Crippen molar-refractivity contribution in [2.45, 2.75) is 25.4 Å². The molecule has 1 saturated heterocycles. The number of amides is 1. The summed E-state index contributed by atoms with van der Waals surface area (Å²) in [5.74, 6) is 0.531. The summed E-state index contributed by atoms with van der Waals surface area (Å²) in [5, 5.41) is 10.7. The van der Waals surface area contributed by atoms with E-state index in [0.717, 1.165) is 31.4 Å². The van der Waals surface area contributed by atoms with E-state index in [0.29, 0.717) is 41.9 Å². The number of carbonyl (C=O) groups excluding carboxylic acids is 1. The minimum absolute atomic E-state index is 0.0476. The Kier molecular flexibility index (Phi) is 7.09. The van der Waals surface area contributed by atoms with Crippen molar-refractivity contribution in [1.82, 2.24) is 10.5 Å². The summed E-state index contributed by atoms with van der Waals surface area (Å²) in [7, 11) is 1.61. The summed E-state index contributed by atoms with van der Waals surface area (Å²) in [5.41, 5.74) is 1.09. The molecule has 1 aromatic carbocycles. The number of aromatic nitrogens is 1. The van der Waals surface area contributed by atoms with Gasteiger partial charge in [0.05, 0.1) is 12.7 Å². The van der Waals surface area contributed by atoms with Gasteiger partial charge >= 0.3 is 0 Å². The molecule has 2 heterocycles. The van der Waals surface area contributed by atoms with Gasteiger partial charge < -0.3 is 24.6 Å². The number of ether oxygens (including phenoxy) is 2. The quantitative estimate of drug-likeness (QED) is 0.669. The van der Waals surface area contributed by atoms with Gasteiger partial charge in [-0.05, 0) is 43.5 Å². The van der Waals surface area contributed by atoms with Crippen molar-refractivity contribution in [3.63, 3.8) is 0 Å². The van der Waals surface area contributed by atoms with Crippen LogP contribution in [0.5, 0.6) is 0 Å². The van der Waals surface area contributed by atoms with Crippen LogP contribution in [-0.4, -0.2) is 50.6 Å². The molecule has 0 spiro atoms. The standard InChI is InChI=1S/C19H24ClN3O4/c1-25-11-9-21-18-16(19(24)22-12-15-4-2-3-10-26-15)17(27-23-18)13-5-7-14(20)8-6-13/h5-8,15H,2-4,9-12H2,1H3,(H,21,23)(H,22,24). The lowest BCUT2D eigenvalue weighted by Crippen LogP contribution is -2.35. The molecule has 1 atom stereocenters. The van der Waals surface area contributed by atoms with Crippen LogP contribution in [0.25, 0.3) is 11.3 Å². The summed E-state index contributed by atoms with van der Waals surface area (Å²) in [6.45, 7) is 2.20. The Bertz CT molecular complexity index is 742. The van der Waals surface area contributed by atoms with Crippen LogP contribution >= 0.6 is 11.6 Å². The number of nitrogens with one attached hydrogen (secondary N) is 2. The third kappa shape index (κ3) is 5.22. The first-order valence-electron chi connectivity index (χ1n) is 9.07. The maximum atomic E-state index is 12.9. The van der Waals surface area contributed by atoms with Crippen molar-refractivity contribution in [2.75, 3.05) is 38.7 Å².